The number of rotatable bonds is 5. The molecule has 2 nitrogen and oxygen atoms in total. The van der Waals surface area contributed by atoms with E-state index in [0.717, 1.165) is 19.0 Å². The molecule has 1 aromatic rings. The maximum absolute atomic E-state index is 3.50. The van der Waals surface area contributed by atoms with Crippen LogP contribution in [0, 0.1) is 11.8 Å². The molecule has 0 aromatic heterocycles. The van der Waals surface area contributed by atoms with Crippen molar-refractivity contribution in [1.29, 1.82) is 0 Å². The summed E-state index contributed by atoms with van der Waals surface area (Å²) in [5.74, 6) is 1.51. The van der Waals surface area contributed by atoms with Crippen molar-refractivity contribution < 1.29 is 0 Å². The second-order valence-corrected chi connectivity index (χ2v) is 6.74. The molecule has 1 aliphatic rings. The van der Waals surface area contributed by atoms with E-state index in [4.69, 9.17) is 0 Å². The molecule has 0 radical (unpaired) electrons. The third-order valence-corrected chi connectivity index (χ3v) is 4.52. The molecule has 0 saturated carbocycles. The Morgan fingerprint density at radius 2 is 1.90 bits per heavy atom. The van der Waals surface area contributed by atoms with Gasteiger partial charge in [0.15, 0.2) is 0 Å². The standard InChI is InChI=1S/C18H30N2/c1-14(2)12-19-13-17-7-9-18(10-8-17)20-11-5-6-15(3)16(20)4/h7-10,14-16,19H,5-6,11-13H2,1-4H3. The lowest BCUT2D eigenvalue weighted by atomic mass is 9.91. The fraction of sp³-hybridized carbons (Fsp3) is 0.667. The molecule has 1 saturated heterocycles. The van der Waals surface area contributed by atoms with Gasteiger partial charge in [0.1, 0.15) is 0 Å². The van der Waals surface area contributed by atoms with Gasteiger partial charge in [0.05, 0.1) is 0 Å². The maximum atomic E-state index is 3.50. The largest absolute Gasteiger partial charge is 0.369 e. The van der Waals surface area contributed by atoms with Gasteiger partial charge < -0.3 is 10.2 Å². The van der Waals surface area contributed by atoms with Crippen LogP contribution in [0.15, 0.2) is 24.3 Å². The Bertz CT molecular complexity index is 396. The number of nitrogens with zero attached hydrogens (tertiary/aromatic N) is 1. The molecular formula is C18H30N2. The van der Waals surface area contributed by atoms with Crippen LogP contribution in [-0.4, -0.2) is 19.1 Å². The van der Waals surface area contributed by atoms with Gasteiger partial charge in [-0.25, -0.2) is 0 Å². The molecule has 1 fully saturated rings. The molecule has 1 aromatic carbocycles. The fourth-order valence-corrected chi connectivity index (χ4v) is 3.01. The molecule has 0 amide bonds. The summed E-state index contributed by atoms with van der Waals surface area (Å²) in [7, 11) is 0. The van der Waals surface area contributed by atoms with Crippen LogP contribution in [0.5, 0.6) is 0 Å². The lowest BCUT2D eigenvalue weighted by Gasteiger charge is -2.39. The summed E-state index contributed by atoms with van der Waals surface area (Å²) >= 11 is 0. The second-order valence-electron chi connectivity index (χ2n) is 6.74. The van der Waals surface area contributed by atoms with E-state index in [1.807, 2.05) is 0 Å². The Kier molecular flexibility index (Phi) is 5.47. The smallest absolute Gasteiger partial charge is 0.0368 e. The zero-order valence-corrected chi connectivity index (χ0v) is 13.5. The van der Waals surface area contributed by atoms with Crippen LogP contribution < -0.4 is 10.2 Å². The summed E-state index contributed by atoms with van der Waals surface area (Å²) < 4.78 is 0. The zero-order valence-electron chi connectivity index (χ0n) is 13.5. The van der Waals surface area contributed by atoms with Crippen LogP contribution >= 0.6 is 0 Å². The Morgan fingerprint density at radius 1 is 1.20 bits per heavy atom. The number of hydrogen-bond acceptors (Lipinski definition) is 2. The predicted molar refractivity (Wildman–Crippen MR) is 88.2 cm³/mol. The molecule has 0 spiro atoms. The van der Waals surface area contributed by atoms with E-state index in [0.29, 0.717) is 12.0 Å². The van der Waals surface area contributed by atoms with Crippen LogP contribution in [0.2, 0.25) is 0 Å². The highest BCUT2D eigenvalue weighted by Gasteiger charge is 2.24. The molecule has 2 atom stereocenters. The SMILES string of the molecule is CC(C)CNCc1ccc(N2CCCC(C)C2C)cc1. The second kappa shape index (κ2) is 7.12. The minimum absolute atomic E-state index is 0.661. The van der Waals surface area contributed by atoms with Gasteiger partial charge in [-0.2, -0.15) is 0 Å². The van der Waals surface area contributed by atoms with Gasteiger partial charge in [-0.1, -0.05) is 32.9 Å². The lowest BCUT2D eigenvalue weighted by Crippen LogP contribution is -2.42. The number of hydrogen-bond donors (Lipinski definition) is 1. The Morgan fingerprint density at radius 3 is 2.55 bits per heavy atom. The molecule has 0 bridgehead atoms. The lowest BCUT2D eigenvalue weighted by molar-refractivity contribution is 0.363. The highest BCUT2D eigenvalue weighted by molar-refractivity contribution is 5.49. The highest BCUT2D eigenvalue weighted by Crippen LogP contribution is 2.28. The molecule has 112 valence electrons. The first-order valence-electron chi connectivity index (χ1n) is 8.14. The van der Waals surface area contributed by atoms with Crippen LogP contribution in [0.4, 0.5) is 5.69 Å². The van der Waals surface area contributed by atoms with Crippen molar-refractivity contribution in [2.75, 3.05) is 18.0 Å². The Labute approximate surface area is 124 Å². The molecule has 1 N–H and O–H groups in total. The van der Waals surface area contributed by atoms with Gasteiger partial charge in [-0.3, -0.25) is 0 Å². The van der Waals surface area contributed by atoms with Crippen LogP contribution in [-0.2, 0) is 6.54 Å². The van der Waals surface area contributed by atoms with E-state index in [1.165, 1.54) is 30.6 Å². The van der Waals surface area contributed by atoms with E-state index in [-0.39, 0.29) is 0 Å². The van der Waals surface area contributed by atoms with Crippen LogP contribution in [0.1, 0.15) is 46.1 Å². The summed E-state index contributed by atoms with van der Waals surface area (Å²) in [6, 6.07) is 9.79. The maximum Gasteiger partial charge on any atom is 0.0368 e. The zero-order chi connectivity index (χ0) is 14.5. The summed E-state index contributed by atoms with van der Waals surface area (Å²) in [4.78, 5) is 2.57. The van der Waals surface area contributed by atoms with Crippen LogP contribution in [0.3, 0.4) is 0 Å². The molecule has 0 aliphatic carbocycles. The van der Waals surface area contributed by atoms with Crippen molar-refractivity contribution in [3.8, 4) is 0 Å². The molecule has 2 unspecified atom stereocenters. The van der Waals surface area contributed by atoms with Crippen molar-refractivity contribution >= 4 is 5.69 Å². The van der Waals surface area contributed by atoms with E-state index >= 15 is 0 Å². The quantitative estimate of drug-likeness (QED) is 0.871. The topological polar surface area (TPSA) is 15.3 Å². The normalized spacial score (nSPS) is 23.4. The highest BCUT2D eigenvalue weighted by atomic mass is 15.2. The van der Waals surface area contributed by atoms with Crippen molar-refractivity contribution in [3.05, 3.63) is 29.8 Å². The Balaban J connectivity index is 1.93. The number of benzene rings is 1. The first-order chi connectivity index (χ1) is 9.58. The van der Waals surface area contributed by atoms with Gasteiger partial charge in [0, 0.05) is 24.8 Å². The van der Waals surface area contributed by atoms with Crippen molar-refractivity contribution in [2.24, 2.45) is 11.8 Å². The van der Waals surface area contributed by atoms with E-state index < -0.39 is 0 Å². The summed E-state index contributed by atoms with van der Waals surface area (Å²) in [5.41, 5.74) is 2.77. The Hall–Kier alpha value is -1.02. The first-order valence-corrected chi connectivity index (χ1v) is 8.14. The van der Waals surface area contributed by atoms with E-state index in [9.17, 15) is 0 Å². The molecule has 1 heterocycles. The minimum Gasteiger partial charge on any atom is -0.369 e. The van der Waals surface area contributed by atoms with Crippen molar-refractivity contribution in [1.82, 2.24) is 5.32 Å². The summed E-state index contributed by atoms with van der Waals surface area (Å²) in [6.45, 7) is 12.5. The number of anilines is 1. The third-order valence-electron chi connectivity index (χ3n) is 4.52. The van der Waals surface area contributed by atoms with Gasteiger partial charge in [-0.05, 0) is 55.8 Å². The van der Waals surface area contributed by atoms with Gasteiger partial charge >= 0.3 is 0 Å². The summed E-state index contributed by atoms with van der Waals surface area (Å²) in [6.07, 6.45) is 2.69. The first kappa shape index (κ1) is 15.4. The molecule has 20 heavy (non-hydrogen) atoms. The average Bonchev–Trinajstić information content (AvgIpc) is 2.42. The van der Waals surface area contributed by atoms with E-state index in [2.05, 4.69) is 62.2 Å². The molecule has 2 heteroatoms. The average molecular weight is 274 g/mol. The van der Waals surface area contributed by atoms with Gasteiger partial charge in [0.2, 0.25) is 0 Å². The van der Waals surface area contributed by atoms with Gasteiger partial charge in [-0.15, -0.1) is 0 Å². The van der Waals surface area contributed by atoms with E-state index in [1.54, 1.807) is 0 Å². The molecule has 2 rings (SSSR count). The fourth-order valence-electron chi connectivity index (χ4n) is 3.01. The number of nitrogens with one attached hydrogen (secondary N) is 1. The third kappa shape index (κ3) is 3.99. The van der Waals surface area contributed by atoms with Gasteiger partial charge in [0.25, 0.3) is 0 Å². The molecular weight excluding hydrogens is 244 g/mol. The van der Waals surface area contributed by atoms with Crippen molar-refractivity contribution in [2.45, 2.75) is 53.1 Å². The van der Waals surface area contributed by atoms with Crippen LogP contribution in [0.25, 0.3) is 0 Å². The summed E-state index contributed by atoms with van der Waals surface area (Å²) in [5, 5.41) is 3.50. The predicted octanol–water partition coefficient (Wildman–Crippen LogP) is 4.06. The minimum atomic E-state index is 0.661. The van der Waals surface area contributed by atoms with Crippen molar-refractivity contribution in [3.63, 3.8) is 0 Å². The monoisotopic (exact) mass is 274 g/mol. The number of piperidine rings is 1. The molecule has 1 aliphatic heterocycles.